The molecular weight excluding hydrogens is 332 g/mol. The largest absolute Gasteiger partial charge is 0.349 e. The Kier molecular flexibility index (Phi) is 4.26. The van der Waals surface area contributed by atoms with Gasteiger partial charge in [0.1, 0.15) is 5.82 Å². The predicted octanol–water partition coefficient (Wildman–Crippen LogP) is 1.48. The highest BCUT2D eigenvalue weighted by atomic mass is 16.2. The summed E-state index contributed by atoms with van der Waals surface area (Å²) < 4.78 is 1.89. The molecule has 0 bridgehead atoms. The van der Waals surface area contributed by atoms with Crippen LogP contribution in [0.4, 0.5) is 4.79 Å². The Bertz CT molecular complexity index is 841. The molecule has 2 fully saturated rings. The molecule has 138 valence electrons. The molecule has 0 radical (unpaired) electrons. The molecule has 1 saturated heterocycles. The summed E-state index contributed by atoms with van der Waals surface area (Å²) >= 11 is 0. The van der Waals surface area contributed by atoms with E-state index in [1.807, 2.05) is 21.6 Å². The van der Waals surface area contributed by atoms with Crippen molar-refractivity contribution in [3.05, 3.63) is 29.7 Å². The van der Waals surface area contributed by atoms with Crippen molar-refractivity contribution in [1.82, 2.24) is 29.7 Å². The Morgan fingerprint density at radius 1 is 1.19 bits per heavy atom. The van der Waals surface area contributed by atoms with Crippen LogP contribution in [-0.4, -0.2) is 69.6 Å². The third kappa shape index (κ3) is 3.00. The van der Waals surface area contributed by atoms with Crippen molar-refractivity contribution in [2.45, 2.75) is 37.6 Å². The fourth-order valence-electron chi connectivity index (χ4n) is 3.57. The van der Waals surface area contributed by atoms with E-state index in [0.717, 1.165) is 30.7 Å². The summed E-state index contributed by atoms with van der Waals surface area (Å²) in [4.78, 5) is 28.0. The second kappa shape index (κ2) is 6.59. The van der Waals surface area contributed by atoms with Gasteiger partial charge in [0.15, 0.2) is 5.65 Å². The maximum absolute atomic E-state index is 12.4. The molecule has 8 nitrogen and oxygen atoms in total. The normalized spacial score (nSPS) is 20.2. The number of amides is 3. The standard InChI is InChI=1S/C18H24N6O2/c1-22(2)18(26)23-9-8-12(10-23)16-21-20-15-7-6-13(11-24(15)16)17(25)19-14-4-3-5-14/h6-7,11-12,14H,3-5,8-10H2,1-2H3,(H,19,25)/t12-/m1/s1. The zero-order chi connectivity index (χ0) is 18.3. The molecule has 1 N–H and O–H groups in total. The van der Waals surface area contributed by atoms with Crippen LogP contribution < -0.4 is 5.32 Å². The maximum Gasteiger partial charge on any atom is 0.319 e. The molecule has 1 aliphatic heterocycles. The summed E-state index contributed by atoms with van der Waals surface area (Å²) in [5.41, 5.74) is 1.34. The van der Waals surface area contributed by atoms with Gasteiger partial charge in [-0.25, -0.2) is 4.79 Å². The minimum absolute atomic E-state index is 0.0156. The van der Waals surface area contributed by atoms with Crippen molar-refractivity contribution in [1.29, 1.82) is 0 Å². The van der Waals surface area contributed by atoms with E-state index in [1.54, 1.807) is 25.1 Å². The molecule has 2 aliphatic rings. The third-order valence-corrected chi connectivity index (χ3v) is 5.34. The van der Waals surface area contributed by atoms with Crippen LogP contribution in [-0.2, 0) is 0 Å². The molecule has 0 unspecified atom stereocenters. The smallest absolute Gasteiger partial charge is 0.319 e. The SMILES string of the molecule is CN(C)C(=O)N1CC[C@@H](c2nnc3ccc(C(=O)NC4CCC4)cn23)C1. The second-order valence-corrected chi connectivity index (χ2v) is 7.41. The predicted molar refractivity (Wildman–Crippen MR) is 96.1 cm³/mol. The lowest BCUT2D eigenvalue weighted by Crippen LogP contribution is -2.39. The van der Waals surface area contributed by atoms with E-state index in [9.17, 15) is 9.59 Å². The van der Waals surface area contributed by atoms with Gasteiger partial charge in [-0.3, -0.25) is 9.20 Å². The number of fused-ring (bicyclic) bond motifs is 1. The summed E-state index contributed by atoms with van der Waals surface area (Å²) in [6.45, 7) is 1.33. The van der Waals surface area contributed by atoms with Crippen molar-refractivity contribution < 1.29 is 9.59 Å². The Hall–Kier alpha value is -2.64. The molecule has 4 rings (SSSR count). The van der Waals surface area contributed by atoms with E-state index in [-0.39, 0.29) is 17.9 Å². The van der Waals surface area contributed by atoms with Crippen LogP contribution in [0.1, 0.15) is 47.8 Å². The quantitative estimate of drug-likeness (QED) is 0.903. The van der Waals surface area contributed by atoms with Gasteiger partial charge in [0.25, 0.3) is 5.91 Å². The Labute approximate surface area is 152 Å². The van der Waals surface area contributed by atoms with E-state index >= 15 is 0 Å². The molecule has 2 aromatic rings. The summed E-state index contributed by atoms with van der Waals surface area (Å²) in [5, 5.41) is 11.6. The van der Waals surface area contributed by atoms with Crippen molar-refractivity contribution in [2.24, 2.45) is 0 Å². The highest BCUT2D eigenvalue weighted by Crippen LogP contribution is 2.27. The van der Waals surface area contributed by atoms with Gasteiger partial charge < -0.3 is 15.1 Å². The number of urea groups is 1. The van der Waals surface area contributed by atoms with E-state index in [4.69, 9.17) is 0 Å². The van der Waals surface area contributed by atoms with Crippen molar-refractivity contribution in [2.75, 3.05) is 27.2 Å². The third-order valence-electron chi connectivity index (χ3n) is 5.34. The average Bonchev–Trinajstić information content (AvgIpc) is 3.22. The zero-order valence-corrected chi connectivity index (χ0v) is 15.2. The number of aromatic nitrogens is 3. The minimum atomic E-state index is -0.0490. The highest BCUT2D eigenvalue weighted by Gasteiger charge is 2.31. The zero-order valence-electron chi connectivity index (χ0n) is 15.2. The first-order chi connectivity index (χ1) is 12.5. The maximum atomic E-state index is 12.4. The van der Waals surface area contributed by atoms with Gasteiger partial charge in [-0.1, -0.05) is 0 Å². The molecule has 3 heterocycles. The lowest BCUT2D eigenvalue weighted by Gasteiger charge is -2.26. The van der Waals surface area contributed by atoms with Crippen molar-refractivity contribution >= 4 is 17.6 Å². The number of hydrogen-bond acceptors (Lipinski definition) is 4. The summed E-state index contributed by atoms with van der Waals surface area (Å²) in [7, 11) is 3.52. The molecule has 1 saturated carbocycles. The molecule has 1 aliphatic carbocycles. The number of carbonyl (C=O) groups excluding carboxylic acids is 2. The van der Waals surface area contributed by atoms with Gasteiger partial charge in [0.05, 0.1) is 5.56 Å². The molecule has 8 heteroatoms. The molecule has 3 amide bonds. The van der Waals surface area contributed by atoms with Crippen LogP contribution in [0.2, 0.25) is 0 Å². The fourth-order valence-corrected chi connectivity index (χ4v) is 3.57. The Balaban J connectivity index is 1.55. The first-order valence-corrected chi connectivity index (χ1v) is 9.14. The first-order valence-electron chi connectivity index (χ1n) is 9.14. The molecule has 1 atom stereocenters. The number of carbonyl (C=O) groups is 2. The van der Waals surface area contributed by atoms with Crippen molar-refractivity contribution in [3.63, 3.8) is 0 Å². The number of hydrogen-bond donors (Lipinski definition) is 1. The number of nitrogens with zero attached hydrogens (tertiary/aromatic N) is 5. The van der Waals surface area contributed by atoms with Gasteiger partial charge in [-0.05, 0) is 37.8 Å². The van der Waals surface area contributed by atoms with Gasteiger partial charge in [-0.2, -0.15) is 0 Å². The topological polar surface area (TPSA) is 82.8 Å². The number of pyridine rings is 1. The van der Waals surface area contributed by atoms with Crippen LogP contribution >= 0.6 is 0 Å². The van der Waals surface area contributed by atoms with Crippen LogP contribution in [0.15, 0.2) is 18.3 Å². The summed E-state index contributed by atoms with van der Waals surface area (Å²) in [6, 6.07) is 3.93. The highest BCUT2D eigenvalue weighted by molar-refractivity contribution is 5.94. The molecule has 0 spiro atoms. The van der Waals surface area contributed by atoms with Crippen LogP contribution in [0.5, 0.6) is 0 Å². The minimum Gasteiger partial charge on any atom is -0.349 e. The molecule has 2 aromatic heterocycles. The van der Waals surface area contributed by atoms with Gasteiger partial charge in [0, 0.05) is 45.3 Å². The monoisotopic (exact) mass is 356 g/mol. The second-order valence-electron chi connectivity index (χ2n) is 7.41. The summed E-state index contributed by atoms with van der Waals surface area (Å²) in [5.74, 6) is 0.887. The van der Waals surface area contributed by atoms with E-state index in [1.165, 1.54) is 6.42 Å². The van der Waals surface area contributed by atoms with Gasteiger partial charge in [-0.15, -0.1) is 10.2 Å². The van der Waals surface area contributed by atoms with Gasteiger partial charge in [0.2, 0.25) is 0 Å². The molecule has 0 aromatic carbocycles. The Morgan fingerprint density at radius 3 is 2.69 bits per heavy atom. The summed E-state index contributed by atoms with van der Waals surface area (Å²) in [6.07, 6.45) is 5.96. The van der Waals surface area contributed by atoms with Crippen LogP contribution in [0.3, 0.4) is 0 Å². The van der Waals surface area contributed by atoms with E-state index in [0.29, 0.717) is 24.7 Å². The molecule has 26 heavy (non-hydrogen) atoms. The lowest BCUT2D eigenvalue weighted by atomic mass is 9.93. The van der Waals surface area contributed by atoms with E-state index in [2.05, 4.69) is 15.5 Å². The van der Waals surface area contributed by atoms with E-state index < -0.39 is 0 Å². The number of likely N-dealkylation sites (tertiary alicyclic amines) is 1. The Morgan fingerprint density at radius 2 is 2.00 bits per heavy atom. The number of nitrogens with one attached hydrogen (secondary N) is 1. The average molecular weight is 356 g/mol. The molecular formula is C18H24N6O2. The van der Waals surface area contributed by atoms with Crippen LogP contribution in [0, 0.1) is 0 Å². The fraction of sp³-hybridized carbons (Fsp3) is 0.556. The lowest BCUT2D eigenvalue weighted by molar-refractivity contribution is 0.0916. The van der Waals surface area contributed by atoms with Crippen molar-refractivity contribution in [3.8, 4) is 0 Å². The van der Waals surface area contributed by atoms with Crippen LogP contribution in [0.25, 0.3) is 5.65 Å². The van der Waals surface area contributed by atoms with Gasteiger partial charge >= 0.3 is 6.03 Å². The number of rotatable bonds is 3. The first kappa shape index (κ1) is 16.8.